The number of nitrogens with zero attached hydrogens (tertiary/aromatic N) is 6. The van der Waals surface area contributed by atoms with Gasteiger partial charge in [-0.2, -0.15) is 5.10 Å². The molecule has 3 heterocycles. The van der Waals surface area contributed by atoms with Crippen LogP contribution in [0.2, 0.25) is 0 Å². The van der Waals surface area contributed by atoms with Gasteiger partial charge in [0, 0.05) is 47.9 Å². The van der Waals surface area contributed by atoms with Crippen LogP contribution >= 0.6 is 0 Å². The molecule has 37 heavy (non-hydrogen) atoms. The Morgan fingerprint density at radius 1 is 1.03 bits per heavy atom. The van der Waals surface area contributed by atoms with Crippen molar-refractivity contribution in [3.8, 4) is 22.5 Å². The molecule has 1 aliphatic heterocycles. The Labute approximate surface area is 218 Å². The summed E-state index contributed by atoms with van der Waals surface area (Å²) >= 11 is 0. The van der Waals surface area contributed by atoms with Crippen LogP contribution in [0.4, 0.5) is 0 Å². The zero-order valence-corrected chi connectivity index (χ0v) is 21.3. The number of carbonyl (C=O) groups is 1. The number of benzene rings is 1. The van der Waals surface area contributed by atoms with Crippen LogP contribution in [0.25, 0.3) is 22.5 Å². The zero-order valence-electron chi connectivity index (χ0n) is 21.3. The molecule has 0 atom stereocenters. The quantitative estimate of drug-likeness (QED) is 0.148. The van der Waals surface area contributed by atoms with E-state index in [1.165, 1.54) is 43.4 Å². The average Bonchev–Trinajstić information content (AvgIpc) is 3.57. The Bertz CT molecular complexity index is 1250. The lowest BCUT2D eigenvalue weighted by atomic mass is 9.80. The molecule has 1 amide bonds. The largest absolute Gasteiger partial charge is 0.301 e. The van der Waals surface area contributed by atoms with E-state index in [0.717, 1.165) is 53.8 Å². The molecule has 8 heteroatoms. The topological polar surface area (TPSA) is 93.2 Å². The van der Waals surface area contributed by atoms with E-state index < -0.39 is 0 Å². The normalized spacial score (nSPS) is 16.2. The number of amides is 1. The summed E-state index contributed by atoms with van der Waals surface area (Å²) in [7, 11) is 0. The molecule has 1 saturated heterocycles. The van der Waals surface area contributed by atoms with Gasteiger partial charge in [-0.1, -0.05) is 42.8 Å². The Morgan fingerprint density at radius 3 is 2.54 bits per heavy atom. The molecule has 192 valence electrons. The summed E-state index contributed by atoms with van der Waals surface area (Å²) in [5.41, 5.74) is 4.73. The van der Waals surface area contributed by atoms with E-state index in [1.54, 1.807) is 6.08 Å². The molecule has 2 aromatic heterocycles. The number of carbonyl (C=O) groups excluding carboxylic acids is 1. The van der Waals surface area contributed by atoms with E-state index in [4.69, 9.17) is 5.84 Å². The lowest BCUT2D eigenvalue weighted by Crippen LogP contribution is -2.35. The lowest BCUT2D eigenvalue weighted by molar-refractivity contribution is -0.126. The summed E-state index contributed by atoms with van der Waals surface area (Å²) < 4.78 is 1.99. The molecular formula is C29H35N7O. The fraction of sp³-hybridized carbons (Fsp3) is 0.379. The predicted molar refractivity (Wildman–Crippen MR) is 145 cm³/mol. The number of likely N-dealkylation sites (tertiary alicyclic amines) is 1. The SMILES string of the molecule is C=C(/C=C\C(=O)N(N)Cc1cccc(-c2ncc(-c3cnn(CCN4CCCC4)c3)cn2)c1)C1CCC1. The Morgan fingerprint density at radius 2 is 1.81 bits per heavy atom. The highest BCUT2D eigenvalue weighted by Crippen LogP contribution is 2.32. The van der Waals surface area contributed by atoms with Crippen molar-refractivity contribution in [2.45, 2.75) is 45.2 Å². The van der Waals surface area contributed by atoms with Crippen molar-refractivity contribution < 1.29 is 4.79 Å². The van der Waals surface area contributed by atoms with Crippen LogP contribution in [0.3, 0.4) is 0 Å². The number of rotatable bonds is 10. The van der Waals surface area contributed by atoms with Gasteiger partial charge in [-0.25, -0.2) is 15.8 Å². The predicted octanol–water partition coefficient (Wildman–Crippen LogP) is 4.22. The van der Waals surface area contributed by atoms with E-state index >= 15 is 0 Å². The van der Waals surface area contributed by atoms with Gasteiger partial charge in [0.05, 0.1) is 19.3 Å². The molecule has 1 aliphatic carbocycles. The standard InChI is InChI=1S/C29H35N7O/c1-22(24-7-5-8-24)10-11-28(37)36(30)20-23-6-4-9-25(16-23)29-31-17-26(18-32-29)27-19-33-35(21-27)15-14-34-12-2-3-13-34/h4,6,9-11,16-19,21,24H,1-3,5,7-8,12-15,20,30H2/b11-10-. The highest BCUT2D eigenvalue weighted by Gasteiger charge is 2.19. The highest BCUT2D eigenvalue weighted by molar-refractivity contribution is 5.87. The van der Waals surface area contributed by atoms with Gasteiger partial charge in [0.2, 0.25) is 0 Å². The lowest BCUT2D eigenvalue weighted by Gasteiger charge is -2.25. The molecular weight excluding hydrogens is 462 g/mol. The van der Waals surface area contributed by atoms with E-state index in [-0.39, 0.29) is 5.91 Å². The van der Waals surface area contributed by atoms with Gasteiger partial charge < -0.3 is 4.90 Å². The minimum atomic E-state index is -0.243. The molecule has 1 aromatic carbocycles. The summed E-state index contributed by atoms with van der Waals surface area (Å²) in [6.07, 6.45) is 17.0. The molecule has 0 bridgehead atoms. The van der Waals surface area contributed by atoms with Crippen LogP contribution < -0.4 is 5.84 Å². The van der Waals surface area contributed by atoms with Crippen molar-refractivity contribution in [3.63, 3.8) is 0 Å². The van der Waals surface area contributed by atoms with Gasteiger partial charge in [0.1, 0.15) is 0 Å². The monoisotopic (exact) mass is 497 g/mol. The number of nitrogens with two attached hydrogens (primary N) is 1. The first-order valence-corrected chi connectivity index (χ1v) is 13.1. The second kappa shape index (κ2) is 11.6. The fourth-order valence-corrected chi connectivity index (χ4v) is 4.78. The first-order valence-electron chi connectivity index (χ1n) is 13.1. The summed E-state index contributed by atoms with van der Waals surface area (Å²) in [6, 6.07) is 7.80. The number of hydrogen-bond donors (Lipinski definition) is 1. The van der Waals surface area contributed by atoms with Crippen LogP contribution in [-0.2, 0) is 17.9 Å². The van der Waals surface area contributed by atoms with E-state index in [9.17, 15) is 4.79 Å². The van der Waals surface area contributed by atoms with Crippen molar-refractivity contribution in [2.75, 3.05) is 19.6 Å². The van der Waals surface area contributed by atoms with E-state index in [0.29, 0.717) is 18.3 Å². The second-order valence-corrected chi connectivity index (χ2v) is 10.0. The van der Waals surface area contributed by atoms with Crippen molar-refractivity contribution in [1.82, 2.24) is 29.7 Å². The van der Waals surface area contributed by atoms with Crippen LogP contribution in [0.15, 0.2) is 73.4 Å². The smallest absolute Gasteiger partial charge is 0.260 e. The maximum atomic E-state index is 12.5. The molecule has 2 N–H and O–H groups in total. The molecule has 2 fully saturated rings. The van der Waals surface area contributed by atoms with E-state index in [2.05, 4.69) is 32.7 Å². The van der Waals surface area contributed by atoms with Crippen molar-refractivity contribution >= 4 is 5.91 Å². The Balaban J connectivity index is 1.18. The van der Waals surface area contributed by atoms with Crippen LogP contribution in [0.5, 0.6) is 0 Å². The third-order valence-corrected chi connectivity index (χ3v) is 7.35. The molecule has 0 spiro atoms. The maximum absolute atomic E-state index is 12.5. The second-order valence-electron chi connectivity index (χ2n) is 10.0. The molecule has 1 saturated carbocycles. The number of hydrazine groups is 1. The first kappa shape index (κ1) is 25.0. The van der Waals surface area contributed by atoms with Gasteiger partial charge in [-0.15, -0.1) is 0 Å². The highest BCUT2D eigenvalue weighted by atomic mass is 16.2. The Hall–Kier alpha value is -3.62. The molecule has 0 unspecified atom stereocenters. The first-order chi connectivity index (χ1) is 18.0. The summed E-state index contributed by atoms with van der Waals surface area (Å²) in [5.74, 6) is 6.94. The summed E-state index contributed by atoms with van der Waals surface area (Å²) in [5, 5.41) is 5.72. The van der Waals surface area contributed by atoms with Crippen molar-refractivity contribution in [1.29, 1.82) is 0 Å². The third-order valence-electron chi connectivity index (χ3n) is 7.35. The van der Waals surface area contributed by atoms with Gasteiger partial charge in [0.25, 0.3) is 5.91 Å². The number of aromatic nitrogens is 4. The van der Waals surface area contributed by atoms with Crippen LogP contribution in [-0.4, -0.2) is 55.2 Å². The minimum absolute atomic E-state index is 0.243. The zero-order chi connectivity index (χ0) is 25.6. The van der Waals surface area contributed by atoms with Crippen LogP contribution in [0, 0.1) is 5.92 Å². The van der Waals surface area contributed by atoms with Gasteiger partial charge in [-0.3, -0.25) is 14.5 Å². The summed E-state index contributed by atoms with van der Waals surface area (Å²) in [6.45, 7) is 8.66. The Kier molecular flexibility index (Phi) is 7.87. The average molecular weight is 498 g/mol. The van der Waals surface area contributed by atoms with Gasteiger partial charge >= 0.3 is 0 Å². The molecule has 8 nitrogen and oxygen atoms in total. The number of hydrogen-bond acceptors (Lipinski definition) is 6. The molecule has 3 aromatic rings. The maximum Gasteiger partial charge on any atom is 0.260 e. The minimum Gasteiger partial charge on any atom is -0.301 e. The molecule has 2 aliphatic rings. The number of allylic oxidation sites excluding steroid dienone is 2. The van der Waals surface area contributed by atoms with E-state index in [1.807, 2.05) is 47.5 Å². The fourth-order valence-electron chi connectivity index (χ4n) is 4.78. The molecule has 0 radical (unpaired) electrons. The van der Waals surface area contributed by atoms with Gasteiger partial charge in [-0.05, 0) is 56.3 Å². The molecule has 5 rings (SSSR count). The van der Waals surface area contributed by atoms with Gasteiger partial charge in [0.15, 0.2) is 5.82 Å². The summed E-state index contributed by atoms with van der Waals surface area (Å²) in [4.78, 5) is 24.1. The van der Waals surface area contributed by atoms with Crippen LogP contribution in [0.1, 0.15) is 37.7 Å². The third kappa shape index (κ3) is 6.39. The van der Waals surface area contributed by atoms with Crippen molar-refractivity contribution in [3.05, 3.63) is 78.9 Å². The van der Waals surface area contributed by atoms with Crippen molar-refractivity contribution in [2.24, 2.45) is 11.8 Å².